The van der Waals surface area contributed by atoms with Gasteiger partial charge in [-0.05, 0) is 25.0 Å². The van der Waals surface area contributed by atoms with Crippen molar-refractivity contribution in [3.63, 3.8) is 0 Å². The topological polar surface area (TPSA) is 42.0 Å². The molecular weight excluding hydrogens is 232 g/mol. The molecule has 0 saturated carbocycles. The van der Waals surface area contributed by atoms with E-state index in [1.165, 1.54) is 10.4 Å². The summed E-state index contributed by atoms with van der Waals surface area (Å²) in [7, 11) is 0. The van der Waals surface area contributed by atoms with Gasteiger partial charge in [-0.2, -0.15) is 0 Å². The van der Waals surface area contributed by atoms with Gasteiger partial charge in [-0.3, -0.25) is 4.79 Å². The minimum Gasteiger partial charge on any atom is -0.352 e. The molecule has 0 unspecified atom stereocenters. The first kappa shape index (κ1) is 11.8. The van der Waals surface area contributed by atoms with Crippen LogP contribution in [-0.4, -0.2) is 11.4 Å². The molecule has 17 heavy (non-hydrogen) atoms. The number of aromatic nitrogens is 1. The third kappa shape index (κ3) is 2.53. The molecule has 1 atom stereocenters. The molecule has 1 aromatic heterocycles. The van der Waals surface area contributed by atoms with Gasteiger partial charge in [0.2, 0.25) is 6.41 Å². The summed E-state index contributed by atoms with van der Waals surface area (Å²) in [5, 5.41) is 2.74. The maximum atomic E-state index is 10.4. The van der Waals surface area contributed by atoms with Gasteiger partial charge in [-0.1, -0.05) is 24.3 Å². The van der Waals surface area contributed by atoms with Crippen molar-refractivity contribution in [2.45, 2.75) is 19.9 Å². The van der Waals surface area contributed by atoms with Crippen LogP contribution in [0.1, 0.15) is 25.6 Å². The molecule has 0 aliphatic carbocycles. The van der Waals surface area contributed by atoms with Crippen molar-refractivity contribution in [1.82, 2.24) is 10.3 Å². The van der Waals surface area contributed by atoms with Gasteiger partial charge in [-0.25, -0.2) is 4.98 Å². The predicted octanol–water partition coefficient (Wildman–Crippen LogP) is 3.17. The van der Waals surface area contributed by atoms with Crippen LogP contribution in [0.4, 0.5) is 0 Å². The molecule has 2 rings (SSSR count). The van der Waals surface area contributed by atoms with Crippen molar-refractivity contribution in [2.75, 3.05) is 0 Å². The largest absolute Gasteiger partial charge is 0.352 e. The smallest absolute Gasteiger partial charge is 0.207 e. The van der Waals surface area contributed by atoms with E-state index in [2.05, 4.69) is 22.4 Å². The van der Waals surface area contributed by atoms with E-state index in [-0.39, 0.29) is 7.47 Å². The number of benzene rings is 1. The second-order valence-corrected chi connectivity index (χ2v) is 4.75. The fourth-order valence-corrected chi connectivity index (χ4v) is 2.51. The monoisotopic (exact) mass is 248 g/mol. The summed E-state index contributed by atoms with van der Waals surface area (Å²) in [4.78, 5) is 15.8. The van der Waals surface area contributed by atoms with Crippen LogP contribution in [0.25, 0.3) is 10.4 Å². The van der Waals surface area contributed by atoms with Crippen molar-refractivity contribution in [3.8, 4) is 10.4 Å². The van der Waals surface area contributed by atoms with Crippen molar-refractivity contribution < 1.29 is 6.22 Å². The Kier molecular flexibility index (Phi) is 3.54. The van der Waals surface area contributed by atoms with E-state index in [0.717, 1.165) is 17.7 Å². The summed E-state index contributed by atoms with van der Waals surface area (Å²) in [5.74, 6) is 0. The Labute approximate surface area is 106 Å². The van der Waals surface area contributed by atoms with Gasteiger partial charge in [0.25, 0.3) is 0 Å². The van der Waals surface area contributed by atoms with Crippen LogP contribution in [0.5, 0.6) is 0 Å². The highest BCUT2D eigenvalue weighted by molar-refractivity contribution is 7.13. The van der Waals surface area contributed by atoms with E-state index in [9.17, 15) is 4.79 Å². The van der Waals surface area contributed by atoms with Crippen LogP contribution < -0.4 is 5.32 Å². The van der Waals surface area contributed by atoms with Gasteiger partial charge < -0.3 is 5.32 Å². The molecule has 1 aromatic carbocycles. The van der Waals surface area contributed by atoms with Crippen molar-refractivity contribution in [1.29, 1.82) is 0 Å². The van der Waals surface area contributed by atoms with E-state index in [1.54, 1.807) is 11.3 Å². The highest BCUT2D eigenvalue weighted by atomic mass is 32.1. The van der Waals surface area contributed by atoms with Gasteiger partial charge in [-0.15, -0.1) is 11.3 Å². The number of hydrogen-bond acceptors (Lipinski definition) is 3. The van der Waals surface area contributed by atoms with Crippen LogP contribution in [0.2, 0.25) is 0 Å². The normalized spacial score (nSPS) is 12.1. The van der Waals surface area contributed by atoms with Crippen LogP contribution >= 0.6 is 11.3 Å². The molecule has 0 spiro atoms. The van der Waals surface area contributed by atoms with Crippen molar-refractivity contribution in [3.05, 3.63) is 41.0 Å². The summed E-state index contributed by atoms with van der Waals surface area (Å²) >= 11 is 1.64. The molecule has 1 amide bonds. The number of thiazole rings is 1. The molecule has 1 heterocycles. The molecule has 0 bridgehead atoms. The average Bonchev–Trinajstić information content (AvgIpc) is 2.76. The predicted molar refractivity (Wildman–Crippen MR) is 72.0 cm³/mol. The number of nitrogens with one attached hydrogen (secondary N) is 1. The van der Waals surface area contributed by atoms with E-state index < -0.39 is 0 Å². The number of aryl methyl sites for hydroxylation is 1. The average molecular weight is 248 g/mol. The van der Waals surface area contributed by atoms with Gasteiger partial charge >= 0.3 is 0 Å². The Morgan fingerprint density at radius 3 is 2.65 bits per heavy atom. The molecule has 2 aromatic rings. The lowest BCUT2D eigenvalue weighted by molar-refractivity contribution is -0.110. The lowest BCUT2D eigenvalue weighted by Crippen LogP contribution is -2.15. The minimum atomic E-state index is 0. The zero-order valence-electron chi connectivity index (χ0n) is 9.81. The Bertz CT molecular complexity index is 510. The van der Waals surface area contributed by atoms with Crippen LogP contribution in [0.3, 0.4) is 0 Å². The molecule has 1 N–H and O–H groups in total. The standard InChI is InChI=1S/C13H14N2OS.H2/c1-9(14-7-16)11-3-5-12(6-4-11)13-10(2)15-8-17-13;/h3-9H,1-2H3,(H,14,16);1H/t9-;/m1./s1. The zero-order chi connectivity index (χ0) is 12.3. The Morgan fingerprint density at radius 1 is 1.41 bits per heavy atom. The second kappa shape index (κ2) is 5.10. The maximum Gasteiger partial charge on any atom is 0.207 e. The van der Waals surface area contributed by atoms with Crippen LogP contribution in [0.15, 0.2) is 29.8 Å². The maximum absolute atomic E-state index is 10.4. The third-order valence-electron chi connectivity index (χ3n) is 2.74. The van der Waals surface area contributed by atoms with Gasteiger partial charge in [0.05, 0.1) is 22.1 Å². The molecule has 4 heteroatoms. The number of amides is 1. The fraction of sp³-hybridized carbons (Fsp3) is 0.231. The molecule has 3 nitrogen and oxygen atoms in total. The molecular formula is C13H16N2OS. The first-order chi connectivity index (χ1) is 8.22. The number of carbonyl (C=O) groups is 1. The Morgan fingerprint density at radius 2 is 2.12 bits per heavy atom. The summed E-state index contributed by atoms with van der Waals surface area (Å²) in [5.41, 5.74) is 5.19. The zero-order valence-corrected chi connectivity index (χ0v) is 10.6. The Hall–Kier alpha value is -1.68. The van der Waals surface area contributed by atoms with E-state index in [0.29, 0.717) is 0 Å². The lowest BCUT2D eigenvalue weighted by Gasteiger charge is -2.10. The molecule has 0 fully saturated rings. The lowest BCUT2D eigenvalue weighted by atomic mass is 10.1. The number of carbonyl (C=O) groups excluding carboxylic acids is 1. The summed E-state index contributed by atoms with van der Waals surface area (Å²) < 4.78 is 0. The van der Waals surface area contributed by atoms with E-state index in [4.69, 9.17) is 0 Å². The van der Waals surface area contributed by atoms with E-state index in [1.807, 2.05) is 31.5 Å². The first-order valence-corrected chi connectivity index (χ1v) is 6.30. The van der Waals surface area contributed by atoms with E-state index >= 15 is 0 Å². The van der Waals surface area contributed by atoms with Crippen molar-refractivity contribution >= 4 is 17.7 Å². The van der Waals surface area contributed by atoms with Gasteiger partial charge in [0.1, 0.15) is 0 Å². The van der Waals surface area contributed by atoms with Crippen molar-refractivity contribution in [2.24, 2.45) is 0 Å². The number of hydrogen-bond donors (Lipinski definition) is 1. The van der Waals surface area contributed by atoms with Gasteiger partial charge in [0.15, 0.2) is 0 Å². The Balaban J connectivity index is 0.00000162. The quantitative estimate of drug-likeness (QED) is 0.844. The highest BCUT2D eigenvalue weighted by Crippen LogP contribution is 2.28. The number of rotatable bonds is 4. The molecule has 0 aliphatic heterocycles. The van der Waals surface area contributed by atoms with Crippen LogP contribution in [0, 0.1) is 6.92 Å². The third-order valence-corrected chi connectivity index (χ3v) is 3.71. The summed E-state index contributed by atoms with van der Waals surface area (Å²) in [6, 6.07) is 8.26. The molecule has 0 aliphatic rings. The SMILES string of the molecule is Cc1ncsc1-c1ccc([C@@H](C)NC=O)cc1.[HH]. The fourth-order valence-electron chi connectivity index (χ4n) is 1.70. The minimum absolute atomic E-state index is 0. The summed E-state index contributed by atoms with van der Waals surface area (Å²) in [6.45, 7) is 3.97. The number of nitrogens with zero attached hydrogens (tertiary/aromatic N) is 1. The summed E-state index contributed by atoms with van der Waals surface area (Å²) in [6.07, 6.45) is 0.728. The molecule has 90 valence electrons. The van der Waals surface area contributed by atoms with Gasteiger partial charge in [0, 0.05) is 1.43 Å². The molecule has 0 saturated heterocycles. The second-order valence-electron chi connectivity index (χ2n) is 3.90. The highest BCUT2D eigenvalue weighted by Gasteiger charge is 2.07. The first-order valence-electron chi connectivity index (χ1n) is 5.42. The van der Waals surface area contributed by atoms with Crippen LogP contribution in [-0.2, 0) is 4.79 Å². The molecule has 0 radical (unpaired) electrons.